The van der Waals surface area contributed by atoms with Crippen molar-refractivity contribution in [3.8, 4) is 0 Å². The number of amides is 1. The van der Waals surface area contributed by atoms with Crippen molar-refractivity contribution in [3.05, 3.63) is 93.9 Å². The molecular weight excluding hydrogens is 328 g/mol. The van der Waals surface area contributed by atoms with Crippen LogP contribution in [0.2, 0.25) is 0 Å². The number of carbonyl (C=O) groups is 1. The van der Waals surface area contributed by atoms with E-state index in [0.29, 0.717) is 0 Å². The van der Waals surface area contributed by atoms with E-state index in [0.717, 1.165) is 22.4 Å². The van der Waals surface area contributed by atoms with Gasteiger partial charge in [0.2, 0.25) is 0 Å². The summed E-state index contributed by atoms with van der Waals surface area (Å²) in [4.78, 5) is 24.1. The van der Waals surface area contributed by atoms with Crippen molar-refractivity contribution < 1.29 is 13.6 Å². The number of hydrogen-bond acceptors (Lipinski definition) is 3. The van der Waals surface area contributed by atoms with Crippen LogP contribution in [-0.4, -0.2) is 15.7 Å². The molecular formula is C18H13F2N3O2. The Morgan fingerprint density at radius 2 is 1.76 bits per heavy atom. The molecule has 1 N–H and O–H groups in total. The molecule has 1 aromatic heterocycles. The van der Waals surface area contributed by atoms with E-state index in [9.17, 15) is 18.4 Å². The molecule has 0 aliphatic carbocycles. The number of anilines is 1. The molecule has 0 radical (unpaired) electrons. The van der Waals surface area contributed by atoms with Crippen LogP contribution in [0.4, 0.5) is 14.5 Å². The third-order valence-corrected chi connectivity index (χ3v) is 3.45. The number of nitrogens with one attached hydrogen (secondary N) is 1. The van der Waals surface area contributed by atoms with Gasteiger partial charge in [-0.15, -0.1) is 0 Å². The highest BCUT2D eigenvalue weighted by molar-refractivity contribution is 6.02. The summed E-state index contributed by atoms with van der Waals surface area (Å²) in [5.74, 6) is -2.71. The molecule has 1 heterocycles. The average molecular weight is 341 g/mol. The summed E-state index contributed by atoms with van der Waals surface area (Å²) in [5.41, 5.74) is 0.579. The topological polar surface area (TPSA) is 64.0 Å². The van der Waals surface area contributed by atoms with E-state index in [1.807, 2.05) is 30.3 Å². The van der Waals surface area contributed by atoms with Gasteiger partial charge in [0.25, 0.3) is 11.5 Å². The lowest BCUT2D eigenvalue weighted by atomic mass is 10.2. The van der Waals surface area contributed by atoms with Crippen LogP contribution in [0.25, 0.3) is 0 Å². The number of halogens is 2. The molecule has 3 rings (SSSR count). The Morgan fingerprint density at radius 3 is 2.48 bits per heavy atom. The predicted molar refractivity (Wildman–Crippen MR) is 88.4 cm³/mol. The molecule has 0 aliphatic heterocycles. The fraction of sp³-hybridized carbons (Fsp3) is 0.0556. The van der Waals surface area contributed by atoms with Gasteiger partial charge >= 0.3 is 0 Å². The molecule has 0 bridgehead atoms. The Morgan fingerprint density at radius 1 is 1.00 bits per heavy atom. The molecule has 0 unspecified atom stereocenters. The largest absolute Gasteiger partial charge is 0.320 e. The Hall–Kier alpha value is -3.35. The minimum Gasteiger partial charge on any atom is -0.320 e. The molecule has 1 amide bonds. The van der Waals surface area contributed by atoms with E-state index in [1.165, 1.54) is 18.2 Å². The maximum Gasteiger partial charge on any atom is 0.276 e. The Labute approximate surface area is 141 Å². The van der Waals surface area contributed by atoms with E-state index in [4.69, 9.17) is 0 Å². The van der Waals surface area contributed by atoms with Gasteiger partial charge in [0.15, 0.2) is 11.6 Å². The molecule has 126 valence electrons. The monoisotopic (exact) mass is 341 g/mol. The first-order chi connectivity index (χ1) is 12.0. The molecule has 0 fully saturated rings. The zero-order valence-corrected chi connectivity index (χ0v) is 12.9. The van der Waals surface area contributed by atoms with Crippen LogP contribution < -0.4 is 10.9 Å². The molecule has 7 heteroatoms. The van der Waals surface area contributed by atoms with Gasteiger partial charge in [-0.05, 0) is 23.8 Å². The lowest BCUT2D eigenvalue weighted by molar-refractivity contribution is 0.102. The van der Waals surface area contributed by atoms with Gasteiger partial charge in [-0.25, -0.2) is 13.5 Å². The minimum atomic E-state index is -1.07. The highest BCUT2D eigenvalue weighted by Gasteiger charge is 2.12. The van der Waals surface area contributed by atoms with E-state index < -0.39 is 17.5 Å². The van der Waals surface area contributed by atoms with Crippen molar-refractivity contribution in [2.45, 2.75) is 6.54 Å². The zero-order chi connectivity index (χ0) is 17.8. The second-order valence-corrected chi connectivity index (χ2v) is 5.28. The van der Waals surface area contributed by atoms with Gasteiger partial charge in [0.05, 0.1) is 6.54 Å². The first-order valence-electron chi connectivity index (χ1n) is 7.41. The summed E-state index contributed by atoms with van der Waals surface area (Å²) in [5, 5.41) is 6.44. The van der Waals surface area contributed by atoms with Crippen LogP contribution in [-0.2, 0) is 6.54 Å². The van der Waals surface area contributed by atoms with Crippen LogP contribution in [0.5, 0.6) is 0 Å². The number of hydrogen-bond donors (Lipinski definition) is 1. The molecule has 3 aromatic rings. The van der Waals surface area contributed by atoms with Gasteiger partial charge in [-0.2, -0.15) is 5.10 Å². The molecule has 0 atom stereocenters. The van der Waals surface area contributed by atoms with E-state index >= 15 is 0 Å². The first-order valence-corrected chi connectivity index (χ1v) is 7.41. The van der Waals surface area contributed by atoms with Crippen molar-refractivity contribution in [3.63, 3.8) is 0 Å². The first kappa shape index (κ1) is 16.5. The van der Waals surface area contributed by atoms with Crippen molar-refractivity contribution >= 4 is 11.6 Å². The maximum atomic E-state index is 13.2. The van der Waals surface area contributed by atoms with Crippen molar-refractivity contribution in [1.82, 2.24) is 9.78 Å². The number of benzene rings is 2. The molecule has 2 aromatic carbocycles. The third-order valence-electron chi connectivity index (χ3n) is 3.45. The van der Waals surface area contributed by atoms with Crippen molar-refractivity contribution in [2.75, 3.05) is 5.32 Å². The number of aromatic nitrogens is 2. The fourth-order valence-corrected chi connectivity index (χ4v) is 2.21. The lowest BCUT2D eigenvalue weighted by Crippen LogP contribution is -2.26. The van der Waals surface area contributed by atoms with Crippen molar-refractivity contribution in [1.29, 1.82) is 0 Å². The molecule has 0 spiro atoms. The second kappa shape index (κ2) is 7.04. The fourth-order valence-electron chi connectivity index (χ4n) is 2.21. The summed E-state index contributed by atoms with van der Waals surface area (Å²) < 4.78 is 27.3. The molecule has 5 nitrogen and oxygen atoms in total. The smallest absolute Gasteiger partial charge is 0.276 e. The number of nitrogens with zero attached hydrogens (tertiary/aromatic N) is 2. The van der Waals surface area contributed by atoms with Crippen molar-refractivity contribution in [2.24, 2.45) is 0 Å². The SMILES string of the molecule is O=C(Nc1ccc(F)c(F)c1)c1ccc(=O)n(Cc2ccccc2)n1. The zero-order valence-electron chi connectivity index (χ0n) is 12.9. The van der Waals surface area contributed by atoms with Crippen LogP contribution >= 0.6 is 0 Å². The van der Waals surface area contributed by atoms with Gasteiger partial charge in [0.1, 0.15) is 5.69 Å². The predicted octanol–water partition coefficient (Wildman–Crippen LogP) is 2.82. The maximum absolute atomic E-state index is 13.2. The van der Waals surface area contributed by atoms with Gasteiger partial charge in [0, 0.05) is 17.8 Å². The minimum absolute atomic E-state index is 0.0136. The van der Waals surface area contributed by atoms with Gasteiger partial charge < -0.3 is 5.32 Å². The molecule has 25 heavy (non-hydrogen) atoms. The summed E-state index contributed by atoms with van der Waals surface area (Å²) >= 11 is 0. The lowest BCUT2D eigenvalue weighted by Gasteiger charge is -2.08. The van der Waals surface area contributed by atoms with Gasteiger partial charge in [-0.1, -0.05) is 30.3 Å². The summed E-state index contributed by atoms with van der Waals surface area (Å²) in [6.45, 7) is 0.214. The second-order valence-electron chi connectivity index (χ2n) is 5.28. The summed E-state index contributed by atoms with van der Waals surface area (Å²) in [6, 6.07) is 14.7. The van der Waals surface area contributed by atoms with E-state index in [1.54, 1.807) is 0 Å². The Kier molecular flexibility index (Phi) is 4.65. The quantitative estimate of drug-likeness (QED) is 0.794. The summed E-state index contributed by atoms with van der Waals surface area (Å²) in [7, 11) is 0. The van der Waals surface area contributed by atoms with Gasteiger partial charge in [-0.3, -0.25) is 9.59 Å². The van der Waals surface area contributed by atoms with E-state index in [-0.39, 0.29) is 23.5 Å². The standard InChI is InChI=1S/C18H13F2N3O2/c19-14-7-6-13(10-15(14)20)21-18(25)16-8-9-17(24)23(22-16)11-12-4-2-1-3-5-12/h1-10H,11H2,(H,21,25). The van der Waals surface area contributed by atoms with E-state index in [2.05, 4.69) is 10.4 Å². The number of carbonyl (C=O) groups excluding carboxylic acids is 1. The third kappa shape index (κ3) is 3.95. The highest BCUT2D eigenvalue weighted by Crippen LogP contribution is 2.13. The Balaban J connectivity index is 1.82. The normalized spacial score (nSPS) is 10.5. The van der Waals surface area contributed by atoms with Crippen LogP contribution in [0.15, 0.2) is 65.5 Å². The van der Waals surface area contributed by atoms with Crippen LogP contribution in [0.3, 0.4) is 0 Å². The molecule has 0 saturated heterocycles. The molecule has 0 saturated carbocycles. The Bertz CT molecular complexity index is 972. The molecule has 0 aliphatic rings. The van der Waals surface area contributed by atoms with Crippen LogP contribution in [0, 0.1) is 11.6 Å². The highest BCUT2D eigenvalue weighted by atomic mass is 19.2. The van der Waals surface area contributed by atoms with Crippen LogP contribution in [0.1, 0.15) is 16.1 Å². The number of rotatable bonds is 4. The summed E-state index contributed by atoms with van der Waals surface area (Å²) in [6.07, 6.45) is 0. The average Bonchev–Trinajstić information content (AvgIpc) is 2.61.